The number of nitriles is 1. The first-order valence-corrected chi connectivity index (χ1v) is 5.42. The van der Waals surface area contributed by atoms with Gasteiger partial charge in [0.2, 0.25) is 0 Å². The largest absolute Gasteiger partial charge is 0.369 e. The average Bonchev–Trinajstić information content (AvgIpc) is 2.19. The Kier molecular flexibility index (Phi) is 4.45. The van der Waals surface area contributed by atoms with E-state index in [-0.39, 0.29) is 6.04 Å². The molecule has 0 fully saturated rings. The second-order valence-electron chi connectivity index (χ2n) is 3.94. The van der Waals surface area contributed by atoms with Gasteiger partial charge >= 0.3 is 0 Å². The van der Waals surface area contributed by atoms with Gasteiger partial charge in [0, 0.05) is 0 Å². The predicted molar refractivity (Wildman–Crippen MR) is 63.9 cm³/mol. The Hall–Kier alpha value is -1.20. The minimum absolute atomic E-state index is 0.176. The fourth-order valence-corrected chi connectivity index (χ4v) is 1.57. The highest BCUT2D eigenvalue weighted by atomic mass is 35.5. The summed E-state index contributed by atoms with van der Waals surface area (Å²) < 4.78 is 0. The minimum Gasteiger partial charge on any atom is -0.369 e. The fourth-order valence-electron chi connectivity index (χ4n) is 1.38. The molecule has 0 aliphatic heterocycles. The molecule has 0 aliphatic carbocycles. The van der Waals surface area contributed by atoms with Crippen LogP contribution in [0.5, 0.6) is 0 Å². The van der Waals surface area contributed by atoms with E-state index in [1.807, 2.05) is 24.3 Å². The normalized spacial score (nSPS) is 12.2. The molecule has 0 spiro atoms. The molecule has 1 rings (SSSR count). The van der Waals surface area contributed by atoms with Crippen LogP contribution in [0.25, 0.3) is 0 Å². The van der Waals surface area contributed by atoms with E-state index in [0.717, 1.165) is 12.1 Å². The van der Waals surface area contributed by atoms with Gasteiger partial charge in [-0.3, -0.25) is 0 Å². The molecule has 1 N–H and O–H groups in total. The molecule has 0 saturated carbocycles. The fraction of sp³-hybridized carbons (Fsp3) is 0.417. The van der Waals surface area contributed by atoms with Crippen LogP contribution < -0.4 is 5.32 Å². The maximum Gasteiger partial charge on any atom is 0.114 e. The maximum absolute atomic E-state index is 8.97. The molecule has 1 aromatic carbocycles. The molecule has 1 atom stereocenters. The second-order valence-corrected chi connectivity index (χ2v) is 4.34. The van der Waals surface area contributed by atoms with Gasteiger partial charge in [0.05, 0.1) is 16.8 Å². The van der Waals surface area contributed by atoms with Crippen molar-refractivity contribution in [2.75, 3.05) is 5.32 Å². The number of nitrogens with one attached hydrogen (secondary N) is 1. The maximum atomic E-state index is 8.97. The van der Waals surface area contributed by atoms with Crippen molar-refractivity contribution in [3.63, 3.8) is 0 Å². The van der Waals surface area contributed by atoms with Crippen LogP contribution in [0.3, 0.4) is 0 Å². The standard InChI is InChI=1S/C12H15ClN2/c1-9(2)7-10(8-14)15-12-6-4-3-5-11(12)13/h3-6,9-10,15H,7H2,1-2H3. The van der Waals surface area contributed by atoms with Gasteiger partial charge in [-0.15, -0.1) is 0 Å². The molecule has 0 radical (unpaired) electrons. The Morgan fingerprint density at radius 3 is 2.60 bits per heavy atom. The van der Waals surface area contributed by atoms with Crippen molar-refractivity contribution in [3.05, 3.63) is 29.3 Å². The van der Waals surface area contributed by atoms with E-state index in [0.29, 0.717) is 10.9 Å². The smallest absolute Gasteiger partial charge is 0.114 e. The number of hydrogen-bond donors (Lipinski definition) is 1. The average molecular weight is 223 g/mol. The Morgan fingerprint density at radius 1 is 1.40 bits per heavy atom. The van der Waals surface area contributed by atoms with Crippen LogP contribution in [-0.4, -0.2) is 6.04 Å². The molecule has 0 bridgehead atoms. The van der Waals surface area contributed by atoms with E-state index in [4.69, 9.17) is 16.9 Å². The Morgan fingerprint density at radius 2 is 2.07 bits per heavy atom. The van der Waals surface area contributed by atoms with Gasteiger partial charge in [0.25, 0.3) is 0 Å². The van der Waals surface area contributed by atoms with Crippen LogP contribution in [0, 0.1) is 17.2 Å². The molecule has 1 aromatic rings. The Balaban J connectivity index is 2.68. The predicted octanol–water partition coefficient (Wildman–Crippen LogP) is 3.69. The van der Waals surface area contributed by atoms with Crippen molar-refractivity contribution in [2.45, 2.75) is 26.3 Å². The molecule has 0 saturated heterocycles. The third-order valence-electron chi connectivity index (χ3n) is 2.07. The van der Waals surface area contributed by atoms with Gasteiger partial charge in [0.15, 0.2) is 0 Å². The summed E-state index contributed by atoms with van der Waals surface area (Å²) in [7, 11) is 0. The highest BCUT2D eigenvalue weighted by Gasteiger charge is 2.10. The summed E-state index contributed by atoms with van der Waals surface area (Å²) in [4.78, 5) is 0. The van der Waals surface area contributed by atoms with Gasteiger partial charge in [-0.05, 0) is 24.5 Å². The van der Waals surface area contributed by atoms with E-state index in [1.54, 1.807) is 0 Å². The first kappa shape index (κ1) is 11.9. The van der Waals surface area contributed by atoms with E-state index in [2.05, 4.69) is 25.2 Å². The van der Waals surface area contributed by atoms with Crippen molar-refractivity contribution in [1.29, 1.82) is 5.26 Å². The van der Waals surface area contributed by atoms with Gasteiger partial charge in [-0.1, -0.05) is 37.6 Å². The lowest BCUT2D eigenvalue weighted by atomic mass is 10.0. The topological polar surface area (TPSA) is 35.8 Å². The number of nitrogens with zero attached hydrogens (tertiary/aromatic N) is 1. The summed E-state index contributed by atoms with van der Waals surface area (Å²) in [6.45, 7) is 4.19. The lowest BCUT2D eigenvalue weighted by molar-refractivity contribution is 0.568. The van der Waals surface area contributed by atoms with E-state index in [1.165, 1.54) is 0 Å². The number of rotatable bonds is 4. The van der Waals surface area contributed by atoms with Gasteiger partial charge in [-0.25, -0.2) is 0 Å². The molecule has 15 heavy (non-hydrogen) atoms. The molecule has 0 aliphatic rings. The molecule has 0 heterocycles. The number of halogens is 1. The lowest BCUT2D eigenvalue weighted by Crippen LogP contribution is -2.19. The highest BCUT2D eigenvalue weighted by molar-refractivity contribution is 6.33. The second kappa shape index (κ2) is 5.63. The highest BCUT2D eigenvalue weighted by Crippen LogP contribution is 2.22. The molecular weight excluding hydrogens is 208 g/mol. The third-order valence-corrected chi connectivity index (χ3v) is 2.40. The zero-order valence-corrected chi connectivity index (χ0v) is 9.75. The molecule has 1 unspecified atom stereocenters. The monoisotopic (exact) mass is 222 g/mol. The number of hydrogen-bond acceptors (Lipinski definition) is 2. The molecule has 0 amide bonds. The summed E-state index contributed by atoms with van der Waals surface area (Å²) >= 11 is 5.99. The van der Waals surface area contributed by atoms with E-state index >= 15 is 0 Å². The summed E-state index contributed by atoms with van der Waals surface area (Å²) in [5, 5.41) is 12.8. The van der Waals surface area contributed by atoms with Gasteiger partial charge in [0.1, 0.15) is 6.04 Å². The SMILES string of the molecule is CC(C)CC(C#N)Nc1ccccc1Cl. The van der Waals surface area contributed by atoms with Crippen molar-refractivity contribution in [1.82, 2.24) is 0 Å². The van der Waals surface area contributed by atoms with Crippen LogP contribution >= 0.6 is 11.6 Å². The summed E-state index contributed by atoms with van der Waals surface area (Å²) in [5.74, 6) is 0.490. The van der Waals surface area contributed by atoms with Gasteiger partial charge in [-0.2, -0.15) is 5.26 Å². The third kappa shape index (κ3) is 3.81. The Labute approximate surface area is 95.9 Å². The number of anilines is 1. The van der Waals surface area contributed by atoms with Gasteiger partial charge < -0.3 is 5.32 Å². The first-order chi connectivity index (χ1) is 7.13. The van der Waals surface area contributed by atoms with Crippen molar-refractivity contribution in [3.8, 4) is 6.07 Å². The number of para-hydroxylation sites is 1. The van der Waals surface area contributed by atoms with Crippen LogP contribution in [0.1, 0.15) is 20.3 Å². The van der Waals surface area contributed by atoms with E-state index < -0.39 is 0 Å². The van der Waals surface area contributed by atoms with Crippen molar-refractivity contribution >= 4 is 17.3 Å². The van der Waals surface area contributed by atoms with E-state index in [9.17, 15) is 0 Å². The minimum atomic E-state index is -0.176. The van der Waals surface area contributed by atoms with Crippen LogP contribution in [0.4, 0.5) is 5.69 Å². The van der Waals surface area contributed by atoms with Crippen LogP contribution in [0.2, 0.25) is 5.02 Å². The summed E-state index contributed by atoms with van der Waals surface area (Å²) in [5.41, 5.74) is 0.825. The molecule has 80 valence electrons. The summed E-state index contributed by atoms with van der Waals surface area (Å²) in [6, 6.07) is 9.53. The van der Waals surface area contributed by atoms with Crippen molar-refractivity contribution < 1.29 is 0 Å². The number of benzene rings is 1. The zero-order chi connectivity index (χ0) is 11.3. The van der Waals surface area contributed by atoms with Crippen LogP contribution in [0.15, 0.2) is 24.3 Å². The Bertz CT molecular complexity index is 355. The molecular formula is C12H15ClN2. The molecule has 0 aromatic heterocycles. The lowest BCUT2D eigenvalue weighted by Gasteiger charge is -2.15. The van der Waals surface area contributed by atoms with Crippen LogP contribution in [-0.2, 0) is 0 Å². The molecule has 2 nitrogen and oxygen atoms in total. The zero-order valence-electron chi connectivity index (χ0n) is 9.00. The quantitative estimate of drug-likeness (QED) is 0.844. The first-order valence-electron chi connectivity index (χ1n) is 5.04. The molecule has 3 heteroatoms. The van der Waals surface area contributed by atoms with Crippen molar-refractivity contribution in [2.24, 2.45) is 5.92 Å². The summed E-state index contributed by atoms with van der Waals surface area (Å²) in [6.07, 6.45) is 0.821.